The number of pyridine rings is 1. The number of thiophene rings is 1. The van der Waals surface area contributed by atoms with E-state index in [-0.39, 0.29) is 5.91 Å². The van der Waals surface area contributed by atoms with E-state index < -0.39 is 0 Å². The molecule has 0 bridgehead atoms. The van der Waals surface area contributed by atoms with Crippen LogP contribution in [0.5, 0.6) is 5.75 Å². The second-order valence-electron chi connectivity index (χ2n) is 5.78. The monoisotopic (exact) mass is 350 g/mol. The van der Waals surface area contributed by atoms with Crippen LogP contribution in [-0.2, 0) is 0 Å². The molecule has 2 aromatic heterocycles. The topological polar surface area (TPSA) is 42.4 Å². The lowest BCUT2D eigenvalue weighted by molar-refractivity contribution is 0.0666. The van der Waals surface area contributed by atoms with Gasteiger partial charge in [-0.25, -0.2) is 0 Å². The van der Waals surface area contributed by atoms with Gasteiger partial charge in [-0.3, -0.25) is 9.78 Å². The second kappa shape index (κ2) is 7.32. The number of hydrogen-bond acceptors (Lipinski definition) is 4. The maximum atomic E-state index is 12.4. The number of aryl methyl sites for hydroxylation is 1. The number of amides is 1. The zero-order valence-electron chi connectivity index (χ0n) is 13.0. The van der Waals surface area contributed by atoms with Gasteiger partial charge in [-0.2, -0.15) is 0 Å². The number of halogens is 1. The number of nitrogens with zero attached hydrogens (tertiary/aromatic N) is 2. The fourth-order valence-corrected chi connectivity index (χ4v) is 3.72. The lowest BCUT2D eigenvalue weighted by Gasteiger charge is -2.31. The molecule has 0 spiro atoms. The Morgan fingerprint density at radius 2 is 2.17 bits per heavy atom. The van der Waals surface area contributed by atoms with Gasteiger partial charge >= 0.3 is 0 Å². The van der Waals surface area contributed by atoms with E-state index in [1.54, 1.807) is 18.3 Å². The van der Waals surface area contributed by atoms with Crippen molar-refractivity contribution in [2.45, 2.75) is 19.8 Å². The van der Waals surface area contributed by atoms with Gasteiger partial charge in [0, 0.05) is 31.0 Å². The third-order valence-electron chi connectivity index (χ3n) is 4.04. The molecule has 3 heterocycles. The Morgan fingerprint density at radius 1 is 1.39 bits per heavy atom. The smallest absolute Gasteiger partial charge is 0.263 e. The maximum absolute atomic E-state index is 12.4. The predicted octanol–water partition coefficient (Wildman–Crippen LogP) is 4.04. The van der Waals surface area contributed by atoms with E-state index in [9.17, 15) is 4.79 Å². The summed E-state index contributed by atoms with van der Waals surface area (Å²) in [5.41, 5.74) is 0.956. The fraction of sp³-hybridized carbons (Fsp3) is 0.412. The van der Waals surface area contributed by atoms with Crippen LogP contribution in [-0.4, -0.2) is 35.5 Å². The molecule has 0 aromatic carbocycles. The van der Waals surface area contributed by atoms with E-state index in [1.807, 2.05) is 24.0 Å². The van der Waals surface area contributed by atoms with Gasteiger partial charge in [-0.05, 0) is 43.9 Å². The van der Waals surface area contributed by atoms with Crippen LogP contribution < -0.4 is 4.74 Å². The molecular weight excluding hydrogens is 332 g/mol. The summed E-state index contributed by atoms with van der Waals surface area (Å²) in [5.74, 6) is 1.44. The van der Waals surface area contributed by atoms with E-state index in [1.165, 1.54) is 11.3 Å². The SMILES string of the molecule is Cc1cc(OCC2CCN(C(=O)c3ccc(Cl)s3)CC2)ccn1. The maximum Gasteiger partial charge on any atom is 0.263 e. The quantitative estimate of drug-likeness (QED) is 0.835. The number of ether oxygens (including phenoxy) is 1. The molecule has 1 aliphatic rings. The van der Waals surface area contributed by atoms with E-state index in [4.69, 9.17) is 16.3 Å². The predicted molar refractivity (Wildman–Crippen MR) is 92.4 cm³/mol. The van der Waals surface area contributed by atoms with Crippen molar-refractivity contribution in [1.82, 2.24) is 9.88 Å². The number of piperidine rings is 1. The van der Waals surface area contributed by atoms with E-state index in [2.05, 4.69) is 4.98 Å². The molecule has 1 fully saturated rings. The van der Waals surface area contributed by atoms with Crippen molar-refractivity contribution in [3.8, 4) is 5.75 Å². The van der Waals surface area contributed by atoms with Crippen molar-refractivity contribution in [1.29, 1.82) is 0 Å². The Balaban J connectivity index is 1.47. The molecule has 3 rings (SSSR count). The Labute approximate surface area is 145 Å². The van der Waals surface area contributed by atoms with Gasteiger partial charge < -0.3 is 9.64 Å². The molecule has 2 aromatic rings. The van der Waals surface area contributed by atoms with Crippen LogP contribution in [0.15, 0.2) is 30.5 Å². The van der Waals surface area contributed by atoms with Gasteiger partial charge in [0.15, 0.2) is 0 Å². The number of aromatic nitrogens is 1. The van der Waals surface area contributed by atoms with Crippen LogP contribution in [0.4, 0.5) is 0 Å². The molecule has 1 saturated heterocycles. The number of carbonyl (C=O) groups is 1. The van der Waals surface area contributed by atoms with Crippen molar-refractivity contribution in [2.75, 3.05) is 19.7 Å². The zero-order valence-corrected chi connectivity index (χ0v) is 14.6. The average molecular weight is 351 g/mol. The summed E-state index contributed by atoms with van der Waals surface area (Å²) in [4.78, 5) is 19.2. The molecule has 6 heteroatoms. The van der Waals surface area contributed by atoms with Crippen LogP contribution >= 0.6 is 22.9 Å². The van der Waals surface area contributed by atoms with Gasteiger partial charge in [-0.15, -0.1) is 11.3 Å². The molecule has 0 saturated carbocycles. The van der Waals surface area contributed by atoms with Crippen LogP contribution in [0, 0.1) is 12.8 Å². The summed E-state index contributed by atoms with van der Waals surface area (Å²) in [7, 11) is 0. The van der Waals surface area contributed by atoms with Crippen molar-refractivity contribution >= 4 is 28.8 Å². The van der Waals surface area contributed by atoms with E-state index >= 15 is 0 Å². The molecule has 0 aliphatic carbocycles. The van der Waals surface area contributed by atoms with Crippen LogP contribution in [0.3, 0.4) is 0 Å². The van der Waals surface area contributed by atoms with Gasteiger partial charge in [0.25, 0.3) is 5.91 Å². The minimum absolute atomic E-state index is 0.0889. The lowest BCUT2D eigenvalue weighted by Crippen LogP contribution is -2.39. The number of hydrogen-bond donors (Lipinski definition) is 0. The van der Waals surface area contributed by atoms with Crippen molar-refractivity contribution in [3.63, 3.8) is 0 Å². The average Bonchev–Trinajstić information content (AvgIpc) is 2.99. The third kappa shape index (κ3) is 4.24. The highest BCUT2D eigenvalue weighted by atomic mass is 35.5. The first-order valence-electron chi connectivity index (χ1n) is 7.72. The number of rotatable bonds is 4. The van der Waals surface area contributed by atoms with Crippen LogP contribution in [0.2, 0.25) is 4.34 Å². The Hall–Kier alpha value is -1.59. The first-order valence-corrected chi connectivity index (χ1v) is 8.91. The molecule has 1 amide bonds. The highest BCUT2D eigenvalue weighted by molar-refractivity contribution is 7.17. The van der Waals surface area contributed by atoms with Crippen LogP contribution in [0.1, 0.15) is 28.2 Å². The Bertz CT molecular complexity index is 681. The van der Waals surface area contributed by atoms with Gasteiger partial charge in [0.1, 0.15) is 5.75 Å². The number of likely N-dealkylation sites (tertiary alicyclic amines) is 1. The third-order valence-corrected chi connectivity index (χ3v) is 5.26. The largest absolute Gasteiger partial charge is 0.493 e. The zero-order chi connectivity index (χ0) is 16.2. The van der Waals surface area contributed by atoms with E-state index in [0.717, 1.165) is 42.3 Å². The minimum atomic E-state index is 0.0889. The molecule has 0 N–H and O–H groups in total. The summed E-state index contributed by atoms with van der Waals surface area (Å²) in [6.45, 7) is 4.19. The lowest BCUT2D eigenvalue weighted by atomic mass is 9.97. The highest BCUT2D eigenvalue weighted by Crippen LogP contribution is 2.25. The summed E-state index contributed by atoms with van der Waals surface area (Å²) in [6, 6.07) is 7.40. The van der Waals surface area contributed by atoms with E-state index in [0.29, 0.717) is 16.9 Å². The van der Waals surface area contributed by atoms with Crippen LogP contribution in [0.25, 0.3) is 0 Å². The van der Waals surface area contributed by atoms with Crippen molar-refractivity contribution in [3.05, 3.63) is 45.4 Å². The summed E-state index contributed by atoms with van der Waals surface area (Å²) in [6.07, 6.45) is 3.70. The van der Waals surface area contributed by atoms with Crippen molar-refractivity contribution < 1.29 is 9.53 Å². The Kier molecular flexibility index (Phi) is 5.18. The molecule has 1 aliphatic heterocycles. The summed E-state index contributed by atoms with van der Waals surface area (Å²) < 4.78 is 6.51. The molecule has 0 radical (unpaired) electrons. The molecule has 4 nitrogen and oxygen atoms in total. The number of carbonyl (C=O) groups excluding carboxylic acids is 1. The summed E-state index contributed by atoms with van der Waals surface area (Å²) in [5, 5.41) is 0. The molecule has 0 atom stereocenters. The fourth-order valence-electron chi connectivity index (χ4n) is 2.71. The van der Waals surface area contributed by atoms with Crippen molar-refractivity contribution in [2.24, 2.45) is 5.92 Å². The molecular formula is C17H19ClN2O2S. The first kappa shape index (κ1) is 16.3. The molecule has 23 heavy (non-hydrogen) atoms. The molecule has 0 unspecified atom stereocenters. The first-order chi connectivity index (χ1) is 11.1. The molecule has 122 valence electrons. The normalized spacial score (nSPS) is 15.7. The minimum Gasteiger partial charge on any atom is -0.493 e. The second-order valence-corrected chi connectivity index (χ2v) is 7.50. The highest BCUT2D eigenvalue weighted by Gasteiger charge is 2.24. The van der Waals surface area contributed by atoms with Gasteiger partial charge in [-0.1, -0.05) is 11.6 Å². The summed E-state index contributed by atoms with van der Waals surface area (Å²) >= 11 is 7.25. The van der Waals surface area contributed by atoms with Gasteiger partial charge in [0.2, 0.25) is 0 Å². The Morgan fingerprint density at radius 3 is 2.83 bits per heavy atom. The van der Waals surface area contributed by atoms with Gasteiger partial charge in [0.05, 0.1) is 15.8 Å². The standard InChI is InChI=1S/C17H19ClN2O2S/c1-12-10-14(4-7-19-12)22-11-13-5-8-20(9-6-13)17(21)15-2-3-16(18)23-15/h2-4,7,10,13H,5-6,8-9,11H2,1H3.